The van der Waals surface area contributed by atoms with Crippen LogP contribution in [0.5, 0.6) is 11.5 Å². The van der Waals surface area contributed by atoms with Gasteiger partial charge in [0.15, 0.2) is 5.82 Å². The minimum atomic E-state index is -3.85. The van der Waals surface area contributed by atoms with Crippen LogP contribution >= 0.6 is 0 Å². The van der Waals surface area contributed by atoms with Crippen LogP contribution in [-0.4, -0.2) is 23.6 Å². The molecule has 5 rings (SSSR count). The Morgan fingerprint density at radius 1 is 0.848 bits per heavy atom. The molecular formula is C24H19N5O3S. The Labute approximate surface area is 189 Å². The molecule has 3 aromatic carbocycles. The molecule has 9 heteroatoms. The standard InChI is InChI=1S/C24H19N5O3S/c25-24-21-20(15-9-11-18(12-10-15)32-17-6-2-1-3-7-17)14-27-22(23(21)28-29-24)16-5-4-8-19(13-16)33(26,30)31/h1-14H,(H3,25,28,29)(H2,26,30,31). The van der Waals surface area contributed by atoms with Gasteiger partial charge in [0.25, 0.3) is 0 Å². The van der Waals surface area contributed by atoms with E-state index >= 15 is 0 Å². The summed E-state index contributed by atoms with van der Waals surface area (Å²) in [6.07, 6.45) is 1.69. The number of hydrogen-bond acceptors (Lipinski definition) is 6. The fourth-order valence-electron chi connectivity index (χ4n) is 3.64. The first-order valence-corrected chi connectivity index (χ1v) is 11.5. The van der Waals surface area contributed by atoms with Crippen molar-refractivity contribution in [2.24, 2.45) is 5.14 Å². The number of hydrogen-bond donors (Lipinski definition) is 3. The van der Waals surface area contributed by atoms with E-state index < -0.39 is 10.0 Å². The van der Waals surface area contributed by atoms with Crippen molar-refractivity contribution in [1.29, 1.82) is 0 Å². The molecule has 0 atom stereocenters. The van der Waals surface area contributed by atoms with Gasteiger partial charge in [0.1, 0.15) is 11.5 Å². The number of nitrogens with one attached hydrogen (secondary N) is 1. The number of H-pyrrole nitrogens is 1. The molecule has 33 heavy (non-hydrogen) atoms. The summed E-state index contributed by atoms with van der Waals surface area (Å²) in [4.78, 5) is 4.59. The molecule has 0 amide bonds. The first-order chi connectivity index (χ1) is 15.9. The molecule has 0 aliphatic heterocycles. The van der Waals surface area contributed by atoms with E-state index in [4.69, 9.17) is 15.6 Å². The summed E-state index contributed by atoms with van der Waals surface area (Å²) >= 11 is 0. The number of anilines is 1. The molecule has 8 nitrogen and oxygen atoms in total. The highest BCUT2D eigenvalue weighted by Crippen LogP contribution is 2.36. The third-order valence-corrected chi connectivity index (χ3v) is 6.11. The average Bonchev–Trinajstić information content (AvgIpc) is 3.21. The van der Waals surface area contributed by atoms with Crippen LogP contribution in [0.3, 0.4) is 0 Å². The number of nitrogen functional groups attached to an aromatic ring is 1. The van der Waals surface area contributed by atoms with Crippen LogP contribution in [0.25, 0.3) is 33.3 Å². The lowest BCUT2D eigenvalue weighted by Gasteiger charge is -2.10. The number of benzene rings is 3. The Morgan fingerprint density at radius 2 is 1.58 bits per heavy atom. The second kappa shape index (κ2) is 8.05. The molecule has 0 radical (unpaired) electrons. The highest BCUT2D eigenvalue weighted by molar-refractivity contribution is 7.89. The highest BCUT2D eigenvalue weighted by Gasteiger charge is 2.17. The minimum Gasteiger partial charge on any atom is -0.457 e. The lowest BCUT2D eigenvalue weighted by molar-refractivity contribution is 0.483. The molecule has 0 spiro atoms. The van der Waals surface area contributed by atoms with Gasteiger partial charge in [0.2, 0.25) is 10.0 Å². The van der Waals surface area contributed by atoms with Gasteiger partial charge in [0, 0.05) is 17.3 Å². The second-order valence-corrected chi connectivity index (χ2v) is 8.95. The lowest BCUT2D eigenvalue weighted by Crippen LogP contribution is -2.12. The Morgan fingerprint density at radius 3 is 2.30 bits per heavy atom. The Hall–Kier alpha value is -4.21. The van der Waals surface area contributed by atoms with Crippen molar-refractivity contribution >= 4 is 26.7 Å². The number of pyridine rings is 1. The fourth-order valence-corrected chi connectivity index (χ4v) is 4.20. The van der Waals surface area contributed by atoms with Gasteiger partial charge in [-0.15, -0.1) is 0 Å². The molecule has 2 aromatic heterocycles. The summed E-state index contributed by atoms with van der Waals surface area (Å²) in [7, 11) is -3.85. The summed E-state index contributed by atoms with van der Waals surface area (Å²) in [6.45, 7) is 0. The van der Waals surface area contributed by atoms with Gasteiger partial charge in [-0.1, -0.05) is 42.5 Å². The van der Waals surface area contributed by atoms with Crippen molar-refractivity contribution in [3.8, 4) is 33.9 Å². The number of ether oxygens (including phenoxy) is 1. The van der Waals surface area contributed by atoms with Gasteiger partial charge in [-0.2, -0.15) is 5.10 Å². The zero-order valence-electron chi connectivity index (χ0n) is 17.3. The predicted molar refractivity (Wildman–Crippen MR) is 127 cm³/mol. The summed E-state index contributed by atoms with van der Waals surface area (Å²) in [5.74, 6) is 1.76. The van der Waals surface area contributed by atoms with E-state index in [9.17, 15) is 8.42 Å². The third-order valence-electron chi connectivity index (χ3n) is 5.20. The van der Waals surface area contributed by atoms with Crippen molar-refractivity contribution in [3.05, 3.63) is 85.1 Å². The maximum Gasteiger partial charge on any atom is 0.238 e. The van der Waals surface area contributed by atoms with Crippen molar-refractivity contribution in [3.63, 3.8) is 0 Å². The van der Waals surface area contributed by atoms with Gasteiger partial charge >= 0.3 is 0 Å². The van der Waals surface area contributed by atoms with E-state index in [0.717, 1.165) is 16.9 Å². The van der Waals surface area contributed by atoms with Crippen molar-refractivity contribution < 1.29 is 13.2 Å². The number of sulfonamides is 1. The maximum absolute atomic E-state index is 11.8. The van der Waals surface area contributed by atoms with E-state index in [1.165, 1.54) is 12.1 Å². The number of rotatable bonds is 5. The summed E-state index contributed by atoms with van der Waals surface area (Å²) < 4.78 is 29.4. The molecule has 5 N–H and O–H groups in total. The van der Waals surface area contributed by atoms with Crippen molar-refractivity contribution in [2.75, 3.05) is 5.73 Å². The number of fused-ring (bicyclic) bond motifs is 1. The van der Waals surface area contributed by atoms with Crippen molar-refractivity contribution in [2.45, 2.75) is 4.90 Å². The minimum absolute atomic E-state index is 0.000480. The van der Waals surface area contributed by atoms with Crippen LogP contribution in [0.2, 0.25) is 0 Å². The number of primary sulfonamides is 1. The second-order valence-electron chi connectivity index (χ2n) is 7.39. The van der Waals surface area contributed by atoms with Crippen LogP contribution in [0, 0.1) is 0 Å². The van der Waals surface area contributed by atoms with Gasteiger partial charge < -0.3 is 10.5 Å². The van der Waals surface area contributed by atoms with Crippen LogP contribution in [0.1, 0.15) is 0 Å². The summed E-state index contributed by atoms with van der Waals surface area (Å²) in [6, 6.07) is 23.4. The zero-order chi connectivity index (χ0) is 23.0. The number of nitrogens with two attached hydrogens (primary N) is 2. The zero-order valence-corrected chi connectivity index (χ0v) is 18.1. The van der Waals surface area contributed by atoms with E-state index in [-0.39, 0.29) is 4.90 Å². The molecule has 2 heterocycles. The average molecular weight is 458 g/mol. The number of para-hydroxylation sites is 1. The van der Waals surface area contributed by atoms with Gasteiger partial charge in [0.05, 0.1) is 21.5 Å². The van der Waals surface area contributed by atoms with Crippen LogP contribution < -0.4 is 15.6 Å². The quantitative estimate of drug-likeness (QED) is 0.360. The Balaban J connectivity index is 1.56. The molecule has 164 valence electrons. The van der Waals surface area contributed by atoms with Gasteiger partial charge in [-0.05, 0) is 42.0 Å². The molecule has 5 aromatic rings. The smallest absolute Gasteiger partial charge is 0.238 e. The third kappa shape index (κ3) is 4.02. The normalized spacial score (nSPS) is 11.5. The summed E-state index contributed by atoms with van der Waals surface area (Å²) in [5, 5.41) is 13.1. The highest BCUT2D eigenvalue weighted by atomic mass is 32.2. The lowest BCUT2D eigenvalue weighted by atomic mass is 10.0. The molecular weight excluding hydrogens is 438 g/mol. The van der Waals surface area contributed by atoms with Gasteiger partial charge in [-0.25, -0.2) is 13.6 Å². The van der Waals surface area contributed by atoms with Crippen molar-refractivity contribution in [1.82, 2.24) is 15.2 Å². The predicted octanol–water partition coefficient (Wildman–Crippen LogP) is 4.31. The maximum atomic E-state index is 11.8. The molecule has 0 fully saturated rings. The first kappa shape index (κ1) is 20.7. The van der Waals surface area contributed by atoms with E-state index in [2.05, 4.69) is 15.2 Å². The van der Waals surface area contributed by atoms with E-state index in [1.54, 1.807) is 18.3 Å². The van der Waals surface area contributed by atoms with Crippen LogP contribution in [0.15, 0.2) is 90.0 Å². The van der Waals surface area contributed by atoms with Gasteiger partial charge in [-0.3, -0.25) is 10.1 Å². The molecule has 0 aliphatic rings. The fraction of sp³-hybridized carbons (Fsp3) is 0. The number of nitrogens with zero attached hydrogens (tertiary/aromatic N) is 2. The molecule has 0 bridgehead atoms. The van der Waals surface area contributed by atoms with Crippen LogP contribution in [-0.2, 0) is 10.0 Å². The summed E-state index contributed by atoms with van der Waals surface area (Å²) in [5.41, 5.74) is 9.54. The van der Waals surface area contributed by atoms with Crippen LogP contribution in [0.4, 0.5) is 5.82 Å². The Bertz CT molecular complexity index is 1560. The SMILES string of the molecule is Nc1n[nH]c2c(-c3cccc(S(N)(=O)=O)c3)ncc(-c3ccc(Oc4ccccc4)cc3)c12. The molecule has 0 saturated carbocycles. The first-order valence-electron chi connectivity index (χ1n) is 9.99. The number of aromatic amines is 1. The topological polar surface area (TPSA) is 137 Å². The largest absolute Gasteiger partial charge is 0.457 e. The molecule has 0 saturated heterocycles. The Kier molecular flexibility index (Phi) is 5.04. The molecule has 0 unspecified atom stereocenters. The van der Waals surface area contributed by atoms with E-state index in [1.807, 2.05) is 54.6 Å². The van der Waals surface area contributed by atoms with E-state index in [0.29, 0.717) is 33.7 Å². The molecule has 0 aliphatic carbocycles. The monoisotopic (exact) mass is 457 g/mol. The number of aromatic nitrogens is 3.